The summed E-state index contributed by atoms with van der Waals surface area (Å²) in [6, 6.07) is 14.1. The summed E-state index contributed by atoms with van der Waals surface area (Å²) >= 11 is 0. The number of nitrogens with zero attached hydrogens (tertiary/aromatic N) is 4. The van der Waals surface area contributed by atoms with E-state index < -0.39 is 30.1 Å². The van der Waals surface area contributed by atoms with Crippen LogP contribution < -0.4 is 0 Å². The van der Waals surface area contributed by atoms with Crippen molar-refractivity contribution in [3.8, 4) is 5.69 Å². The lowest BCUT2D eigenvalue weighted by atomic mass is 10.1. The van der Waals surface area contributed by atoms with Gasteiger partial charge in [0.25, 0.3) is 11.6 Å². The fraction of sp³-hybridized carbons (Fsp3) is 0.158. The Morgan fingerprint density at radius 2 is 1.76 bits per heavy atom. The summed E-state index contributed by atoms with van der Waals surface area (Å²) in [7, 11) is 0. The van der Waals surface area contributed by atoms with Crippen LogP contribution in [0.3, 0.4) is 0 Å². The molecule has 0 saturated heterocycles. The number of aromatic nitrogens is 2. The first-order valence-corrected chi connectivity index (χ1v) is 8.43. The van der Waals surface area contributed by atoms with Gasteiger partial charge >= 0.3 is 6.18 Å². The van der Waals surface area contributed by atoms with Gasteiger partial charge < -0.3 is 4.90 Å². The molecule has 1 aromatic heterocycles. The molecule has 3 rings (SSSR count). The topological polar surface area (TPSA) is 81.3 Å². The number of alkyl halides is 3. The molecule has 3 aromatic rings. The maximum Gasteiger partial charge on any atom is 0.406 e. The molecule has 0 N–H and O–H groups in total. The number of halogens is 3. The molecule has 7 nitrogen and oxygen atoms in total. The Bertz CT molecular complexity index is 1020. The Hall–Kier alpha value is -3.69. The first kappa shape index (κ1) is 20.1. The van der Waals surface area contributed by atoms with E-state index >= 15 is 0 Å². The maximum absolute atomic E-state index is 13.1. The SMILES string of the molecule is O=C(c1cnn(-c2ccccc2)c1)N(Cc1ccccc1[N+](=O)[O-])CC(F)(F)F. The summed E-state index contributed by atoms with van der Waals surface area (Å²) in [4.78, 5) is 23.7. The van der Waals surface area contributed by atoms with Crippen LogP contribution in [0.25, 0.3) is 5.69 Å². The Morgan fingerprint density at radius 3 is 2.41 bits per heavy atom. The van der Waals surface area contributed by atoms with Crippen LogP contribution in [0.4, 0.5) is 18.9 Å². The number of benzene rings is 2. The lowest BCUT2D eigenvalue weighted by molar-refractivity contribution is -0.385. The fourth-order valence-electron chi connectivity index (χ4n) is 2.78. The highest BCUT2D eigenvalue weighted by molar-refractivity contribution is 5.94. The Morgan fingerprint density at radius 1 is 1.10 bits per heavy atom. The van der Waals surface area contributed by atoms with Crippen molar-refractivity contribution in [2.45, 2.75) is 12.7 Å². The van der Waals surface area contributed by atoms with Gasteiger partial charge in [0.2, 0.25) is 0 Å². The number of carbonyl (C=O) groups is 1. The van der Waals surface area contributed by atoms with Crippen molar-refractivity contribution in [2.24, 2.45) is 0 Å². The predicted octanol–water partition coefficient (Wildman–Crippen LogP) is 3.99. The van der Waals surface area contributed by atoms with Gasteiger partial charge in [-0.15, -0.1) is 0 Å². The van der Waals surface area contributed by atoms with Crippen molar-refractivity contribution < 1.29 is 22.9 Å². The van der Waals surface area contributed by atoms with Crippen LogP contribution in [0.5, 0.6) is 0 Å². The van der Waals surface area contributed by atoms with Crippen molar-refractivity contribution in [1.29, 1.82) is 0 Å². The van der Waals surface area contributed by atoms with Crippen LogP contribution in [-0.2, 0) is 6.54 Å². The molecule has 10 heteroatoms. The van der Waals surface area contributed by atoms with Gasteiger partial charge in [-0.2, -0.15) is 18.3 Å². The van der Waals surface area contributed by atoms with Crippen LogP contribution in [0.2, 0.25) is 0 Å². The number of hydrogen-bond donors (Lipinski definition) is 0. The number of nitro benzene ring substituents is 1. The third-order valence-corrected chi connectivity index (χ3v) is 4.06. The summed E-state index contributed by atoms with van der Waals surface area (Å²) in [5, 5.41) is 15.2. The van der Waals surface area contributed by atoms with Gasteiger partial charge in [-0.05, 0) is 12.1 Å². The van der Waals surface area contributed by atoms with E-state index in [-0.39, 0.29) is 16.8 Å². The van der Waals surface area contributed by atoms with Crippen molar-refractivity contribution in [3.63, 3.8) is 0 Å². The van der Waals surface area contributed by atoms with Gasteiger partial charge in [0.05, 0.1) is 28.9 Å². The smallest absolute Gasteiger partial charge is 0.325 e. The van der Waals surface area contributed by atoms with Crippen LogP contribution in [0.15, 0.2) is 67.0 Å². The lowest BCUT2D eigenvalue weighted by Crippen LogP contribution is -2.38. The summed E-state index contributed by atoms with van der Waals surface area (Å²) in [5.41, 5.74) is 0.224. The molecule has 0 bridgehead atoms. The molecule has 29 heavy (non-hydrogen) atoms. The minimum absolute atomic E-state index is 0.00514. The van der Waals surface area contributed by atoms with Gasteiger partial charge in [-0.25, -0.2) is 4.68 Å². The van der Waals surface area contributed by atoms with Crippen molar-refractivity contribution in [2.75, 3.05) is 6.54 Å². The largest absolute Gasteiger partial charge is 0.406 e. The molecule has 0 atom stereocenters. The number of hydrogen-bond acceptors (Lipinski definition) is 4. The van der Waals surface area contributed by atoms with Gasteiger partial charge in [0.1, 0.15) is 6.54 Å². The molecule has 1 heterocycles. The van der Waals surface area contributed by atoms with Crippen molar-refractivity contribution in [1.82, 2.24) is 14.7 Å². The molecular weight excluding hydrogens is 389 g/mol. The van der Waals surface area contributed by atoms with Crippen LogP contribution in [0.1, 0.15) is 15.9 Å². The highest BCUT2D eigenvalue weighted by Crippen LogP contribution is 2.24. The van der Waals surface area contributed by atoms with Gasteiger partial charge in [0.15, 0.2) is 0 Å². The van der Waals surface area contributed by atoms with E-state index in [2.05, 4.69) is 5.10 Å². The molecule has 0 radical (unpaired) electrons. The average Bonchev–Trinajstić information content (AvgIpc) is 3.17. The van der Waals surface area contributed by atoms with Crippen LogP contribution in [-0.4, -0.2) is 38.2 Å². The zero-order valence-electron chi connectivity index (χ0n) is 14.9. The van der Waals surface area contributed by atoms with Gasteiger partial charge in [0, 0.05) is 17.8 Å². The van der Waals surface area contributed by atoms with Crippen molar-refractivity contribution in [3.05, 3.63) is 88.2 Å². The van der Waals surface area contributed by atoms with E-state index in [4.69, 9.17) is 0 Å². The van der Waals surface area contributed by atoms with Crippen LogP contribution >= 0.6 is 0 Å². The Balaban J connectivity index is 1.90. The highest BCUT2D eigenvalue weighted by Gasteiger charge is 2.34. The minimum atomic E-state index is -4.67. The fourth-order valence-corrected chi connectivity index (χ4v) is 2.78. The summed E-state index contributed by atoms with van der Waals surface area (Å²) < 4.78 is 40.6. The molecular formula is C19H15F3N4O3. The zero-order valence-corrected chi connectivity index (χ0v) is 14.9. The second kappa shape index (κ2) is 8.13. The number of amides is 1. The van der Waals surface area contributed by atoms with E-state index in [1.165, 1.54) is 35.1 Å². The Labute approximate surface area is 163 Å². The number of nitro groups is 1. The van der Waals surface area contributed by atoms with E-state index in [0.717, 1.165) is 6.20 Å². The third kappa shape index (κ3) is 4.98. The average molecular weight is 404 g/mol. The molecule has 0 aliphatic heterocycles. The summed E-state index contributed by atoms with van der Waals surface area (Å²) in [6.45, 7) is -2.11. The summed E-state index contributed by atoms with van der Waals surface area (Å²) in [5.74, 6) is -0.928. The standard InChI is InChI=1S/C19H15F3N4O3/c20-19(21,22)13-24(11-14-6-4-5-9-17(14)26(28)29)18(27)15-10-23-25(12-15)16-7-2-1-3-8-16/h1-10,12H,11,13H2. The number of para-hydroxylation sites is 2. The third-order valence-electron chi connectivity index (χ3n) is 4.06. The first-order chi connectivity index (χ1) is 13.7. The number of rotatable bonds is 6. The quantitative estimate of drug-likeness (QED) is 0.460. The first-order valence-electron chi connectivity index (χ1n) is 8.43. The predicted molar refractivity (Wildman–Crippen MR) is 97.5 cm³/mol. The molecule has 1 amide bonds. The van der Waals surface area contributed by atoms with Gasteiger partial charge in [-0.1, -0.05) is 36.4 Å². The number of carbonyl (C=O) groups excluding carboxylic acids is 1. The van der Waals surface area contributed by atoms with Crippen LogP contribution in [0, 0.1) is 10.1 Å². The normalized spacial score (nSPS) is 11.3. The van der Waals surface area contributed by atoms with E-state index in [9.17, 15) is 28.1 Å². The monoisotopic (exact) mass is 404 g/mol. The lowest BCUT2D eigenvalue weighted by Gasteiger charge is -2.23. The molecule has 0 fully saturated rings. The minimum Gasteiger partial charge on any atom is -0.325 e. The zero-order chi connectivity index (χ0) is 21.0. The van der Waals surface area contributed by atoms with Crippen molar-refractivity contribution >= 4 is 11.6 Å². The van der Waals surface area contributed by atoms with E-state index in [1.54, 1.807) is 30.3 Å². The molecule has 0 unspecified atom stereocenters. The maximum atomic E-state index is 13.1. The molecule has 150 valence electrons. The Kier molecular flexibility index (Phi) is 5.62. The second-order valence-corrected chi connectivity index (χ2v) is 6.17. The summed E-state index contributed by atoms with van der Waals surface area (Å²) in [6.07, 6.45) is -2.19. The molecule has 0 aliphatic carbocycles. The molecule has 0 saturated carbocycles. The van der Waals surface area contributed by atoms with E-state index in [1.807, 2.05) is 0 Å². The molecule has 2 aromatic carbocycles. The second-order valence-electron chi connectivity index (χ2n) is 6.17. The highest BCUT2D eigenvalue weighted by atomic mass is 19.4. The molecule has 0 spiro atoms. The molecule has 0 aliphatic rings. The van der Waals surface area contributed by atoms with Gasteiger partial charge in [-0.3, -0.25) is 14.9 Å². The van der Waals surface area contributed by atoms with E-state index in [0.29, 0.717) is 10.6 Å².